The van der Waals surface area contributed by atoms with Crippen LogP contribution in [-0.4, -0.2) is 34.5 Å². The number of halogens is 3. The number of carbonyl (C=O) groups is 2. The van der Waals surface area contributed by atoms with Crippen LogP contribution >= 0.6 is 11.6 Å². The molecular weight excluding hydrogens is 298 g/mol. The number of benzene rings is 1. The lowest BCUT2D eigenvalue weighted by atomic mass is 9.97. The van der Waals surface area contributed by atoms with Gasteiger partial charge in [0.1, 0.15) is 5.75 Å². The summed E-state index contributed by atoms with van der Waals surface area (Å²) in [6.45, 7) is -3.14. The van der Waals surface area contributed by atoms with E-state index in [0.29, 0.717) is 0 Å². The van der Waals surface area contributed by atoms with Crippen molar-refractivity contribution in [2.45, 2.75) is 19.1 Å². The first kappa shape index (κ1) is 16.3. The van der Waals surface area contributed by atoms with Gasteiger partial charge in [-0.25, -0.2) is 4.79 Å². The van der Waals surface area contributed by atoms with E-state index in [-0.39, 0.29) is 22.8 Å². The van der Waals surface area contributed by atoms with Gasteiger partial charge in [-0.2, -0.15) is 8.78 Å². The second kappa shape index (κ2) is 7.16. The number of ketones is 1. The summed E-state index contributed by atoms with van der Waals surface area (Å²) in [5.41, 5.74) is -0.303. The van der Waals surface area contributed by atoms with E-state index >= 15 is 0 Å². The van der Waals surface area contributed by atoms with Crippen molar-refractivity contribution in [2.75, 3.05) is 5.88 Å². The average molecular weight is 309 g/mol. The molecule has 8 heteroatoms. The number of hydrogen-bond acceptors (Lipinski definition) is 4. The topological polar surface area (TPSA) is 83.8 Å². The Morgan fingerprint density at radius 1 is 1.35 bits per heavy atom. The Morgan fingerprint density at radius 2 is 2.00 bits per heavy atom. The summed E-state index contributed by atoms with van der Waals surface area (Å²) in [4.78, 5) is 22.2. The van der Waals surface area contributed by atoms with Crippen LogP contribution in [0.3, 0.4) is 0 Å². The SMILES string of the molecule is O=C(CCl)Cc1c(OC(F)F)cccc1C(O)C(=O)O. The molecule has 5 nitrogen and oxygen atoms in total. The smallest absolute Gasteiger partial charge is 0.387 e. The molecule has 1 aromatic carbocycles. The zero-order chi connectivity index (χ0) is 15.3. The predicted molar refractivity (Wildman–Crippen MR) is 65.1 cm³/mol. The van der Waals surface area contributed by atoms with Crippen LogP contribution in [0.4, 0.5) is 8.78 Å². The van der Waals surface area contributed by atoms with Crippen molar-refractivity contribution >= 4 is 23.4 Å². The summed E-state index contributed by atoms with van der Waals surface area (Å²) in [7, 11) is 0. The number of alkyl halides is 3. The number of rotatable bonds is 7. The van der Waals surface area contributed by atoms with Crippen molar-refractivity contribution < 1.29 is 33.3 Å². The highest BCUT2D eigenvalue weighted by Gasteiger charge is 2.24. The molecule has 2 N–H and O–H groups in total. The van der Waals surface area contributed by atoms with Gasteiger partial charge >= 0.3 is 12.6 Å². The molecular formula is C12H11ClF2O5. The second-order valence-corrected chi connectivity index (χ2v) is 4.06. The Hall–Kier alpha value is -1.73. The van der Waals surface area contributed by atoms with E-state index < -0.39 is 30.9 Å². The molecule has 0 saturated heterocycles. The lowest BCUT2D eigenvalue weighted by Crippen LogP contribution is -2.17. The average Bonchev–Trinajstić information content (AvgIpc) is 2.38. The third-order valence-electron chi connectivity index (χ3n) is 2.44. The van der Waals surface area contributed by atoms with Crippen molar-refractivity contribution in [1.29, 1.82) is 0 Å². The number of carbonyl (C=O) groups excluding carboxylic acids is 1. The van der Waals surface area contributed by atoms with E-state index in [0.717, 1.165) is 6.07 Å². The molecule has 20 heavy (non-hydrogen) atoms. The van der Waals surface area contributed by atoms with Gasteiger partial charge in [-0.15, -0.1) is 11.6 Å². The normalized spacial score (nSPS) is 12.2. The van der Waals surface area contributed by atoms with Crippen molar-refractivity contribution in [3.63, 3.8) is 0 Å². The first-order valence-corrected chi connectivity index (χ1v) is 5.95. The Labute approximate surface area is 117 Å². The Bertz CT molecular complexity index is 507. The fraction of sp³-hybridized carbons (Fsp3) is 0.333. The number of ether oxygens (including phenoxy) is 1. The third-order valence-corrected chi connectivity index (χ3v) is 2.73. The van der Waals surface area contributed by atoms with Crippen molar-refractivity contribution in [1.82, 2.24) is 0 Å². The minimum atomic E-state index is -3.14. The molecule has 1 rings (SSSR count). The molecule has 0 saturated carbocycles. The summed E-state index contributed by atoms with van der Waals surface area (Å²) in [5, 5.41) is 18.3. The monoisotopic (exact) mass is 308 g/mol. The zero-order valence-corrected chi connectivity index (χ0v) is 10.8. The zero-order valence-electron chi connectivity index (χ0n) is 10.1. The number of Topliss-reactive ketones (excluding diaryl/α,β-unsaturated/α-hetero) is 1. The Balaban J connectivity index is 3.27. The van der Waals surface area contributed by atoms with E-state index in [1.54, 1.807) is 0 Å². The van der Waals surface area contributed by atoms with Gasteiger partial charge in [-0.05, 0) is 11.6 Å². The first-order chi connectivity index (χ1) is 9.36. The maximum absolute atomic E-state index is 12.3. The Morgan fingerprint density at radius 3 is 2.50 bits per heavy atom. The maximum Gasteiger partial charge on any atom is 0.387 e. The fourth-order valence-electron chi connectivity index (χ4n) is 1.61. The summed E-state index contributed by atoms with van der Waals surface area (Å²) in [6, 6.07) is 3.61. The first-order valence-electron chi connectivity index (χ1n) is 5.42. The van der Waals surface area contributed by atoms with Gasteiger partial charge in [0.05, 0.1) is 5.88 Å². The molecule has 0 bridgehead atoms. The minimum Gasteiger partial charge on any atom is -0.479 e. The molecule has 1 unspecified atom stereocenters. The van der Waals surface area contributed by atoms with Crippen molar-refractivity contribution in [2.24, 2.45) is 0 Å². The van der Waals surface area contributed by atoms with Crippen LogP contribution in [0.1, 0.15) is 17.2 Å². The quantitative estimate of drug-likeness (QED) is 0.750. The summed E-state index contributed by atoms with van der Waals surface area (Å²) >= 11 is 5.34. The highest BCUT2D eigenvalue weighted by Crippen LogP contribution is 2.29. The van der Waals surface area contributed by atoms with E-state index in [4.69, 9.17) is 16.7 Å². The number of aliphatic hydroxyl groups excluding tert-OH is 1. The van der Waals surface area contributed by atoms with Crippen LogP contribution in [0.2, 0.25) is 0 Å². The van der Waals surface area contributed by atoms with Crippen molar-refractivity contribution in [3.05, 3.63) is 29.3 Å². The molecule has 0 radical (unpaired) electrons. The second-order valence-electron chi connectivity index (χ2n) is 3.79. The van der Waals surface area contributed by atoms with Crippen LogP contribution in [0.5, 0.6) is 5.75 Å². The number of aliphatic hydroxyl groups is 1. The number of carboxylic acids is 1. The molecule has 110 valence electrons. The molecule has 0 aromatic heterocycles. The molecule has 1 aromatic rings. The molecule has 1 atom stereocenters. The summed E-state index contributed by atoms with van der Waals surface area (Å²) in [5.74, 6) is -2.82. The van der Waals surface area contributed by atoms with Gasteiger partial charge in [-0.1, -0.05) is 12.1 Å². The number of carboxylic acid groups (broad SMARTS) is 1. The van der Waals surface area contributed by atoms with Crippen LogP contribution < -0.4 is 4.74 Å². The highest BCUT2D eigenvalue weighted by atomic mass is 35.5. The highest BCUT2D eigenvalue weighted by molar-refractivity contribution is 6.27. The van der Waals surface area contributed by atoms with Crippen LogP contribution in [-0.2, 0) is 16.0 Å². The summed E-state index contributed by atoms with van der Waals surface area (Å²) in [6.07, 6.45) is -2.36. The van der Waals surface area contributed by atoms with E-state index in [2.05, 4.69) is 4.74 Å². The fourth-order valence-corrected chi connectivity index (χ4v) is 1.71. The number of hydrogen-bond donors (Lipinski definition) is 2. The van der Waals surface area contributed by atoms with Crippen LogP contribution in [0.15, 0.2) is 18.2 Å². The largest absolute Gasteiger partial charge is 0.479 e. The molecule has 0 heterocycles. The van der Waals surface area contributed by atoms with E-state index in [1.165, 1.54) is 12.1 Å². The van der Waals surface area contributed by atoms with Crippen molar-refractivity contribution in [3.8, 4) is 5.75 Å². The molecule has 0 amide bonds. The lowest BCUT2D eigenvalue weighted by Gasteiger charge is -2.16. The standard InChI is InChI=1S/C12H11ClF2O5/c13-5-6(16)4-8-7(10(17)11(18)19)2-1-3-9(8)20-12(14)15/h1-3,10,12,17H,4-5H2,(H,18,19). The molecule has 0 spiro atoms. The van der Waals surface area contributed by atoms with Gasteiger partial charge in [0.2, 0.25) is 0 Å². The number of aliphatic carboxylic acids is 1. The lowest BCUT2D eigenvalue weighted by molar-refractivity contribution is -0.147. The minimum absolute atomic E-state index is 0.117. The molecule has 0 fully saturated rings. The van der Waals surface area contributed by atoms with Crippen LogP contribution in [0.25, 0.3) is 0 Å². The Kier molecular flexibility index (Phi) is 5.84. The molecule has 0 aliphatic heterocycles. The third kappa shape index (κ3) is 4.14. The van der Waals surface area contributed by atoms with Crippen LogP contribution in [0, 0.1) is 0 Å². The summed E-state index contributed by atoms with van der Waals surface area (Å²) < 4.78 is 28.8. The van der Waals surface area contributed by atoms with Gasteiger partial charge in [-0.3, -0.25) is 4.79 Å². The van der Waals surface area contributed by atoms with E-state index in [9.17, 15) is 23.5 Å². The predicted octanol–water partition coefficient (Wildman–Crippen LogP) is 1.76. The van der Waals surface area contributed by atoms with Gasteiger partial charge in [0.15, 0.2) is 11.9 Å². The maximum atomic E-state index is 12.3. The van der Waals surface area contributed by atoms with E-state index in [1.807, 2.05) is 0 Å². The van der Waals surface area contributed by atoms with Gasteiger partial charge in [0, 0.05) is 12.0 Å². The molecule has 0 aliphatic carbocycles. The van der Waals surface area contributed by atoms with Gasteiger partial charge in [0.25, 0.3) is 0 Å². The molecule has 0 aliphatic rings. The van der Waals surface area contributed by atoms with Gasteiger partial charge < -0.3 is 14.9 Å².